The van der Waals surface area contributed by atoms with E-state index in [1.165, 1.54) is 18.7 Å². The van der Waals surface area contributed by atoms with Gasteiger partial charge in [-0.1, -0.05) is 24.3 Å². The minimum absolute atomic E-state index is 0.0794. The van der Waals surface area contributed by atoms with Crippen molar-refractivity contribution < 1.29 is 19.0 Å². The second-order valence-corrected chi connectivity index (χ2v) is 8.58. The molecule has 1 aliphatic rings. The van der Waals surface area contributed by atoms with E-state index in [9.17, 15) is 9.18 Å². The van der Waals surface area contributed by atoms with Gasteiger partial charge < -0.3 is 20.1 Å². The SMILES string of the molecule is COc1ccc(Cc2nc3c(c4c2[nH]c2ccccc24)CCN(CC(=O)NCCO)C3)cc1F. The summed E-state index contributed by atoms with van der Waals surface area (Å²) in [6.07, 6.45) is 1.25. The Hall–Kier alpha value is -3.49. The van der Waals surface area contributed by atoms with Crippen LogP contribution in [0.25, 0.3) is 21.8 Å². The predicted octanol–water partition coefficient (Wildman–Crippen LogP) is 2.92. The quantitative estimate of drug-likeness (QED) is 0.393. The molecule has 2 aromatic carbocycles. The van der Waals surface area contributed by atoms with Crippen LogP contribution in [0.1, 0.15) is 22.5 Å². The number of aromatic amines is 1. The molecule has 0 spiro atoms. The molecule has 0 unspecified atom stereocenters. The standard InChI is InChI=1S/C26H27FN4O3/c1-34-23-7-6-16(12-19(23)27)13-21-26-25(17-4-2-3-5-20(17)30-26)18-8-10-31(14-22(18)29-21)15-24(33)28-9-11-32/h2-7,12,30,32H,8-11,13-15H2,1H3,(H,28,33). The summed E-state index contributed by atoms with van der Waals surface area (Å²) >= 11 is 0. The number of benzene rings is 2. The Labute approximate surface area is 196 Å². The third-order valence-corrected chi connectivity index (χ3v) is 6.36. The van der Waals surface area contributed by atoms with Crippen LogP contribution in [-0.4, -0.2) is 59.2 Å². The van der Waals surface area contributed by atoms with Crippen molar-refractivity contribution >= 4 is 27.7 Å². The summed E-state index contributed by atoms with van der Waals surface area (Å²) in [4.78, 5) is 22.8. The summed E-state index contributed by atoms with van der Waals surface area (Å²) in [5.74, 6) is -0.293. The highest BCUT2D eigenvalue weighted by molar-refractivity contribution is 6.10. The van der Waals surface area contributed by atoms with Crippen LogP contribution in [-0.2, 0) is 24.2 Å². The Bertz CT molecular complexity index is 1370. The number of carbonyl (C=O) groups is 1. The second kappa shape index (κ2) is 9.40. The van der Waals surface area contributed by atoms with Gasteiger partial charge in [0.2, 0.25) is 5.91 Å². The lowest BCUT2D eigenvalue weighted by Gasteiger charge is -2.28. The summed E-state index contributed by atoms with van der Waals surface area (Å²) in [6, 6.07) is 13.2. The Kier molecular flexibility index (Phi) is 6.17. The maximum Gasteiger partial charge on any atom is 0.234 e. The minimum atomic E-state index is -0.397. The number of hydrogen-bond acceptors (Lipinski definition) is 5. The van der Waals surface area contributed by atoms with Gasteiger partial charge in [0.15, 0.2) is 11.6 Å². The van der Waals surface area contributed by atoms with Gasteiger partial charge >= 0.3 is 0 Å². The molecule has 1 aliphatic heterocycles. The highest BCUT2D eigenvalue weighted by atomic mass is 19.1. The first-order valence-corrected chi connectivity index (χ1v) is 11.4. The monoisotopic (exact) mass is 462 g/mol. The number of halogens is 1. The number of H-pyrrole nitrogens is 1. The maximum absolute atomic E-state index is 14.4. The number of pyridine rings is 1. The molecule has 34 heavy (non-hydrogen) atoms. The highest BCUT2D eigenvalue weighted by Gasteiger charge is 2.25. The number of amides is 1. The van der Waals surface area contributed by atoms with Gasteiger partial charge in [0.25, 0.3) is 0 Å². The molecule has 8 heteroatoms. The molecule has 0 saturated carbocycles. The topological polar surface area (TPSA) is 90.5 Å². The molecule has 1 amide bonds. The molecule has 0 saturated heterocycles. The average molecular weight is 463 g/mol. The Morgan fingerprint density at radius 3 is 2.94 bits per heavy atom. The normalized spacial score (nSPS) is 13.9. The second-order valence-electron chi connectivity index (χ2n) is 8.58. The molecular formula is C26H27FN4O3. The number of nitrogens with one attached hydrogen (secondary N) is 2. The van der Waals surface area contributed by atoms with Gasteiger partial charge in [-0.05, 0) is 35.7 Å². The van der Waals surface area contributed by atoms with Crippen LogP contribution < -0.4 is 10.1 Å². The lowest BCUT2D eigenvalue weighted by molar-refractivity contribution is -0.122. The van der Waals surface area contributed by atoms with E-state index in [0.29, 0.717) is 13.0 Å². The van der Waals surface area contributed by atoms with Crippen molar-refractivity contribution in [2.45, 2.75) is 19.4 Å². The number of para-hydroxylation sites is 1. The van der Waals surface area contributed by atoms with Crippen molar-refractivity contribution in [3.05, 3.63) is 70.8 Å². The number of aliphatic hydroxyl groups excluding tert-OH is 1. The zero-order valence-electron chi connectivity index (χ0n) is 19.0. The number of ether oxygens (including phenoxy) is 1. The van der Waals surface area contributed by atoms with Crippen molar-refractivity contribution in [3.8, 4) is 5.75 Å². The third-order valence-electron chi connectivity index (χ3n) is 6.36. The summed E-state index contributed by atoms with van der Waals surface area (Å²) < 4.78 is 19.4. The smallest absolute Gasteiger partial charge is 0.234 e. The Balaban J connectivity index is 1.55. The first-order valence-electron chi connectivity index (χ1n) is 11.4. The van der Waals surface area contributed by atoms with Crippen LogP contribution in [0.4, 0.5) is 4.39 Å². The van der Waals surface area contributed by atoms with E-state index in [0.717, 1.165) is 51.7 Å². The average Bonchev–Trinajstić information content (AvgIpc) is 3.23. The molecule has 2 aromatic heterocycles. The Morgan fingerprint density at radius 1 is 1.29 bits per heavy atom. The molecular weight excluding hydrogens is 435 g/mol. The maximum atomic E-state index is 14.4. The van der Waals surface area contributed by atoms with Gasteiger partial charge in [-0.15, -0.1) is 0 Å². The molecule has 3 N–H and O–H groups in total. The van der Waals surface area contributed by atoms with E-state index in [4.69, 9.17) is 14.8 Å². The number of nitrogens with zero attached hydrogens (tertiary/aromatic N) is 2. The number of methoxy groups -OCH3 is 1. The zero-order valence-corrected chi connectivity index (χ0v) is 19.0. The summed E-state index contributed by atoms with van der Waals surface area (Å²) in [7, 11) is 1.45. The molecule has 7 nitrogen and oxygen atoms in total. The van der Waals surface area contributed by atoms with E-state index in [-0.39, 0.29) is 31.4 Å². The van der Waals surface area contributed by atoms with Crippen LogP contribution >= 0.6 is 0 Å². The molecule has 0 aliphatic carbocycles. The first-order chi connectivity index (χ1) is 16.6. The van der Waals surface area contributed by atoms with Gasteiger partial charge in [-0.3, -0.25) is 14.7 Å². The van der Waals surface area contributed by atoms with Crippen LogP contribution in [0, 0.1) is 5.82 Å². The van der Waals surface area contributed by atoms with E-state index in [1.54, 1.807) is 6.07 Å². The van der Waals surface area contributed by atoms with E-state index < -0.39 is 5.82 Å². The number of aliphatic hydroxyl groups is 1. The third kappa shape index (κ3) is 4.22. The minimum Gasteiger partial charge on any atom is -0.494 e. The molecule has 0 bridgehead atoms. The molecule has 4 aromatic rings. The van der Waals surface area contributed by atoms with Crippen LogP contribution in [0.3, 0.4) is 0 Å². The summed E-state index contributed by atoms with van der Waals surface area (Å²) in [5.41, 5.74) is 5.82. The van der Waals surface area contributed by atoms with Gasteiger partial charge in [0.1, 0.15) is 0 Å². The van der Waals surface area contributed by atoms with Gasteiger partial charge in [-0.25, -0.2) is 4.39 Å². The number of fused-ring (bicyclic) bond motifs is 5. The first kappa shape index (κ1) is 22.3. The van der Waals surface area contributed by atoms with Crippen molar-refractivity contribution in [2.75, 3.05) is 33.4 Å². The number of hydrogen-bond donors (Lipinski definition) is 3. The van der Waals surface area contributed by atoms with Crippen molar-refractivity contribution in [1.82, 2.24) is 20.2 Å². The fraction of sp³-hybridized carbons (Fsp3) is 0.308. The molecule has 0 atom stereocenters. The molecule has 3 heterocycles. The summed E-state index contributed by atoms with van der Waals surface area (Å²) in [5, 5.41) is 14.0. The zero-order chi connectivity index (χ0) is 23.7. The lowest BCUT2D eigenvalue weighted by atomic mass is 9.96. The van der Waals surface area contributed by atoms with Crippen molar-refractivity contribution in [2.24, 2.45) is 0 Å². The molecule has 5 rings (SSSR count). The van der Waals surface area contributed by atoms with Gasteiger partial charge in [0.05, 0.1) is 37.2 Å². The number of rotatable bonds is 7. The number of aromatic nitrogens is 2. The van der Waals surface area contributed by atoms with Crippen molar-refractivity contribution in [1.29, 1.82) is 0 Å². The Morgan fingerprint density at radius 2 is 2.15 bits per heavy atom. The number of carbonyl (C=O) groups excluding carboxylic acids is 1. The van der Waals surface area contributed by atoms with Crippen LogP contribution in [0.2, 0.25) is 0 Å². The highest BCUT2D eigenvalue weighted by Crippen LogP contribution is 2.35. The predicted molar refractivity (Wildman–Crippen MR) is 128 cm³/mol. The fourth-order valence-corrected chi connectivity index (χ4v) is 4.79. The van der Waals surface area contributed by atoms with Gasteiger partial charge in [0, 0.05) is 42.3 Å². The van der Waals surface area contributed by atoms with Gasteiger partial charge in [-0.2, -0.15) is 0 Å². The van der Waals surface area contributed by atoms with E-state index >= 15 is 0 Å². The molecule has 176 valence electrons. The van der Waals surface area contributed by atoms with E-state index in [1.807, 2.05) is 18.2 Å². The summed E-state index contributed by atoms with van der Waals surface area (Å²) in [6.45, 7) is 1.73. The fourth-order valence-electron chi connectivity index (χ4n) is 4.79. The molecule has 0 fully saturated rings. The van der Waals surface area contributed by atoms with Crippen LogP contribution in [0.5, 0.6) is 5.75 Å². The molecule has 0 radical (unpaired) electrons. The lowest BCUT2D eigenvalue weighted by Crippen LogP contribution is -2.41. The largest absolute Gasteiger partial charge is 0.494 e. The van der Waals surface area contributed by atoms with E-state index in [2.05, 4.69) is 27.3 Å². The van der Waals surface area contributed by atoms with Crippen molar-refractivity contribution in [3.63, 3.8) is 0 Å². The van der Waals surface area contributed by atoms with Crippen LogP contribution in [0.15, 0.2) is 42.5 Å².